The molecule has 0 aliphatic rings. The van der Waals surface area contributed by atoms with Crippen molar-refractivity contribution in [2.45, 2.75) is 13.3 Å². The fourth-order valence-corrected chi connectivity index (χ4v) is 1.71. The van der Waals surface area contributed by atoms with Crippen molar-refractivity contribution in [1.29, 1.82) is 0 Å². The SMILES string of the molecule is CCCOCC(=O)c1cc2cc(Cl)ccc2o1. The van der Waals surface area contributed by atoms with Crippen LogP contribution in [0.5, 0.6) is 0 Å². The van der Waals surface area contributed by atoms with E-state index in [1.807, 2.05) is 6.92 Å². The first-order valence-electron chi connectivity index (χ1n) is 5.50. The number of fused-ring (bicyclic) bond motifs is 1. The second-order valence-corrected chi connectivity index (χ2v) is 4.20. The highest BCUT2D eigenvalue weighted by molar-refractivity contribution is 6.31. The summed E-state index contributed by atoms with van der Waals surface area (Å²) >= 11 is 5.86. The lowest BCUT2D eigenvalue weighted by atomic mass is 10.2. The predicted molar refractivity (Wildman–Crippen MR) is 66.7 cm³/mol. The van der Waals surface area contributed by atoms with Crippen LogP contribution in [0.4, 0.5) is 0 Å². The van der Waals surface area contributed by atoms with Crippen molar-refractivity contribution in [3.63, 3.8) is 0 Å². The van der Waals surface area contributed by atoms with Gasteiger partial charge in [-0.25, -0.2) is 0 Å². The molecule has 0 aliphatic carbocycles. The topological polar surface area (TPSA) is 39.4 Å². The first-order valence-corrected chi connectivity index (χ1v) is 5.88. The largest absolute Gasteiger partial charge is 0.453 e. The van der Waals surface area contributed by atoms with Crippen LogP contribution in [0.15, 0.2) is 28.7 Å². The quantitative estimate of drug-likeness (QED) is 0.602. The first-order chi connectivity index (χ1) is 8.20. The summed E-state index contributed by atoms with van der Waals surface area (Å²) in [4.78, 5) is 11.7. The molecule has 3 nitrogen and oxygen atoms in total. The van der Waals surface area contributed by atoms with Crippen molar-refractivity contribution in [3.8, 4) is 0 Å². The van der Waals surface area contributed by atoms with E-state index in [2.05, 4.69) is 0 Å². The molecule has 0 aliphatic heterocycles. The fourth-order valence-electron chi connectivity index (χ4n) is 1.53. The number of carbonyl (C=O) groups is 1. The van der Waals surface area contributed by atoms with Gasteiger partial charge in [0.2, 0.25) is 5.78 Å². The third-order valence-corrected chi connectivity index (χ3v) is 2.57. The van der Waals surface area contributed by atoms with Crippen molar-refractivity contribution < 1.29 is 13.9 Å². The lowest BCUT2D eigenvalue weighted by Crippen LogP contribution is -2.08. The van der Waals surface area contributed by atoms with E-state index in [9.17, 15) is 4.79 Å². The van der Waals surface area contributed by atoms with E-state index < -0.39 is 0 Å². The molecule has 0 saturated carbocycles. The number of hydrogen-bond donors (Lipinski definition) is 0. The van der Waals surface area contributed by atoms with E-state index >= 15 is 0 Å². The summed E-state index contributed by atoms with van der Waals surface area (Å²) in [5.74, 6) is 0.171. The maximum atomic E-state index is 11.7. The van der Waals surface area contributed by atoms with Crippen LogP contribution in [0.25, 0.3) is 11.0 Å². The zero-order valence-electron chi connectivity index (χ0n) is 9.53. The summed E-state index contributed by atoms with van der Waals surface area (Å²) in [6.07, 6.45) is 0.892. The van der Waals surface area contributed by atoms with Crippen molar-refractivity contribution >= 4 is 28.4 Å². The number of ether oxygens (including phenoxy) is 1. The van der Waals surface area contributed by atoms with Gasteiger partial charge < -0.3 is 9.15 Å². The van der Waals surface area contributed by atoms with Crippen molar-refractivity contribution in [2.75, 3.05) is 13.2 Å². The van der Waals surface area contributed by atoms with Gasteiger partial charge in [0.25, 0.3) is 0 Å². The Balaban J connectivity index is 2.15. The van der Waals surface area contributed by atoms with E-state index in [1.165, 1.54) is 0 Å². The molecule has 0 saturated heterocycles. The van der Waals surface area contributed by atoms with Gasteiger partial charge in [-0.2, -0.15) is 0 Å². The van der Waals surface area contributed by atoms with Crippen molar-refractivity contribution in [2.24, 2.45) is 0 Å². The van der Waals surface area contributed by atoms with Crippen molar-refractivity contribution in [3.05, 3.63) is 35.0 Å². The summed E-state index contributed by atoms with van der Waals surface area (Å²) < 4.78 is 10.6. The van der Waals surface area contributed by atoms with E-state index in [0.717, 1.165) is 11.8 Å². The van der Waals surface area contributed by atoms with E-state index in [1.54, 1.807) is 24.3 Å². The monoisotopic (exact) mass is 252 g/mol. The number of benzene rings is 1. The highest BCUT2D eigenvalue weighted by atomic mass is 35.5. The number of rotatable bonds is 5. The van der Waals surface area contributed by atoms with Gasteiger partial charge in [0, 0.05) is 17.0 Å². The third kappa shape index (κ3) is 2.87. The smallest absolute Gasteiger partial charge is 0.223 e. The Morgan fingerprint density at radius 1 is 1.41 bits per heavy atom. The normalized spacial score (nSPS) is 10.9. The Labute approximate surface area is 104 Å². The van der Waals surface area contributed by atoms with Gasteiger partial charge >= 0.3 is 0 Å². The minimum Gasteiger partial charge on any atom is -0.453 e. The average Bonchev–Trinajstić information content (AvgIpc) is 2.72. The van der Waals surface area contributed by atoms with Gasteiger partial charge in [-0.1, -0.05) is 18.5 Å². The van der Waals surface area contributed by atoms with E-state index in [4.69, 9.17) is 20.8 Å². The molecule has 1 heterocycles. The van der Waals surface area contributed by atoms with Gasteiger partial charge in [0.05, 0.1) is 0 Å². The molecule has 0 atom stereocenters. The van der Waals surface area contributed by atoms with Crippen LogP contribution < -0.4 is 0 Å². The van der Waals surface area contributed by atoms with Crippen LogP contribution in [0.1, 0.15) is 23.9 Å². The molecule has 90 valence electrons. The number of halogens is 1. The highest BCUT2D eigenvalue weighted by Crippen LogP contribution is 2.23. The van der Waals surface area contributed by atoms with Crippen LogP contribution in [-0.4, -0.2) is 19.0 Å². The maximum Gasteiger partial charge on any atom is 0.223 e. The molecule has 1 aromatic carbocycles. The summed E-state index contributed by atoms with van der Waals surface area (Å²) in [5, 5.41) is 1.45. The number of carbonyl (C=O) groups excluding carboxylic acids is 1. The highest BCUT2D eigenvalue weighted by Gasteiger charge is 2.12. The Morgan fingerprint density at radius 2 is 2.24 bits per heavy atom. The lowest BCUT2D eigenvalue weighted by molar-refractivity contribution is 0.0736. The molecule has 0 spiro atoms. The van der Waals surface area contributed by atoms with Crippen molar-refractivity contribution in [1.82, 2.24) is 0 Å². The number of furan rings is 1. The lowest BCUT2D eigenvalue weighted by Gasteiger charge is -1.98. The van der Waals surface area contributed by atoms with Crippen LogP contribution in [0.2, 0.25) is 5.02 Å². The number of hydrogen-bond acceptors (Lipinski definition) is 3. The molecule has 1 aromatic heterocycles. The average molecular weight is 253 g/mol. The molecule has 0 unspecified atom stereocenters. The zero-order valence-corrected chi connectivity index (χ0v) is 10.3. The fraction of sp³-hybridized carbons (Fsp3) is 0.308. The van der Waals surface area contributed by atoms with Gasteiger partial charge in [0.15, 0.2) is 5.76 Å². The second kappa shape index (κ2) is 5.34. The van der Waals surface area contributed by atoms with Gasteiger partial charge in [-0.05, 0) is 30.7 Å². The molecule has 0 amide bonds. The minimum atomic E-state index is -0.147. The molecular formula is C13H13ClO3. The van der Waals surface area contributed by atoms with E-state index in [0.29, 0.717) is 23.0 Å². The standard InChI is InChI=1S/C13H13ClO3/c1-2-5-16-8-11(15)13-7-9-6-10(14)3-4-12(9)17-13/h3-4,6-7H,2,5,8H2,1H3. The number of ketones is 1. The zero-order chi connectivity index (χ0) is 12.3. The molecule has 0 bridgehead atoms. The van der Waals surface area contributed by atoms with Gasteiger partial charge in [-0.15, -0.1) is 0 Å². The Kier molecular flexibility index (Phi) is 3.82. The molecule has 0 fully saturated rings. The first kappa shape index (κ1) is 12.1. The van der Waals surface area contributed by atoms with Crippen LogP contribution in [-0.2, 0) is 4.74 Å². The maximum absolute atomic E-state index is 11.7. The Bertz CT molecular complexity index is 530. The second-order valence-electron chi connectivity index (χ2n) is 3.77. The van der Waals surface area contributed by atoms with Crippen LogP contribution >= 0.6 is 11.6 Å². The Morgan fingerprint density at radius 3 is 3.00 bits per heavy atom. The van der Waals surface area contributed by atoms with Crippen LogP contribution in [0.3, 0.4) is 0 Å². The summed E-state index contributed by atoms with van der Waals surface area (Å²) in [6, 6.07) is 6.94. The van der Waals surface area contributed by atoms with Crippen LogP contribution in [0, 0.1) is 0 Å². The minimum absolute atomic E-state index is 0.0569. The molecule has 0 radical (unpaired) electrons. The molecular weight excluding hydrogens is 240 g/mol. The summed E-state index contributed by atoms with van der Waals surface area (Å²) in [6.45, 7) is 2.63. The molecule has 4 heteroatoms. The Hall–Kier alpha value is -1.32. The molecule has 2 aromatic rings. The molecule has 17 heavy (non-hydrogen) atoms. The van der Waals surface area contributed by atoms with E-state index in [-0.39, 0.29) is 12.4 Å². The van der Waals surface area contributed by atoms with Gasteiger partial charge in [-0.3, -0.25) is 4.79 Å². The number of Topliss-reactive ketones (excluding diaryl/α,β-unsaturated/α-hetero) is 1. The molecule has 0 N–H and O–H groups in total. The predicted octanol–water partition coefficient (Wildman–Crippen LogP) is 3.70. The summed E-state index contributed by atoms with van der Waals surface area (Å²) in [7, 11) is 0. The van der Waals surface area contributed by atoms with Gasteiger partial charge in [0.1, 0.15) is 12.2 Å². The summed E-state index contributed by atoms with van der Waals surface area (Å²) in [5.41, 5.74) is 0.660. The molecule has 2 rings (SSSR count). The third-order valence-electron chi connectivity index (χ3n) is 2.33.